The summed E-state index contributed by atoms with van der Waals surface area (Å²) >= 11 is 0. The lowest BCUT2D eigenvalue weighted by molar-refractivity contribution is 0.102. The van der Waals surface area contributed by atoms with Gasteiger partial charge in [-0.05, 0) is 45.0 Å². The summed E-state index contributed by atoms with van der Waals surface area (Å²) in [5, 5.41) is 11.6. The number of aryl methyl sites for hydroxylation is 1. The molecular weight excluding hydrogens is 236 g/mol. The van der Waals surface area contributed by atoms with Gasteiger partial charge in [0.15, 0.2) is 0 Å². The van der Waals surface area contributed by atoms with Crippen molar-refractivity contribution in [3.05, 3.63) is 35.5 Å². The van der Waals surface area contributed by atoms with Crippen molar-refractivity contribution in [1.29, 1.82) is 0 Å². The van der Waals surface area contributed by atoms with Crippen LogP contribution in [0.15, 0.2) is 24.4 Å². The average Bonchev–Trinajstić information content (AvgIpc) is 2.82. The molecule has 2 N–H and O–H groups in total. The predicted octanol–water partition coefficient (Wildman–Crippen LogP) is 3.00. The second kappa shape index (κ2) is 5.35. The Morgan fingerprint density at radius 2 is 2.05 bits per heavy atom. The molecule has 0 unspecified atom stereocenters. The molecule has 0 spiro atoms. The van der Waals surface area contributed by atoms with Crippen molar-refractivity contribution in [2.24, 2.45) is 0 Å². The van der Waals surface area contributed by atoms with Crippen LogP contribution in [0.2, 0.25) is 0 Å². The number of likely N-dealkylation sites (tertiary alicyclic amines) is 1. The SMILES string of the molecule is Cc1ccc2[nH]cc([C@H](O)CN3CCCCC3)c2c1. The van der Waals surface area contributed by atoms with Crippen molar-refractivity contribution in [3.63, 3.8) is 0 Å². The van der Waals surface area contributed by atoms with Gasteiger partial charge < -0.3 is 15.0 Å². The number of fused-ring (bicyclic) bond motifs is 1. The summed E-state index contributed by atoms with van der Waals surface area (Å²) in [4.78, 5) is 5.63. The molecule has 102 valence electrons. The van der Waals surface area contributed by atoms with E-state index >= 15 is 0 Å². The second-order valence-corrected chi connectivity index (χ2v) is 5.67. The van der Waals surface area contributed by atoms with E-state index in [1.54, 1.807) is 0 Å². The molecule has 3 rings (SSSR count). The van der Waals surface area contributed by atoms with Gasteiger partial charge in [0.25, 0.3) is 0 Å². The molecule has 1 aromatic heterocycles. The minimum Gasteiger partial charge on any atom is -0.387 e. The fourth-order valence-corrected chi connectivity index (χ4v) is 3.02. The van der Waals surface area contributed by atoms with E-state index in [1.165, 1.54) is 24.8 Å². The van der Waals surface area contributed by atoms with E-state index < -0.39 is 6.10 Å². The fourth-order valence-electron chi connectivity index (χ4n) is 3.02. The molecule has 1 aliphatic rings. The maximum Gasteiger partial charge on any atom is 0.0937 e. The zero-order chi connectivity index (χ0) is 13.2. The van der Waals surface area contributed by atoms with Crippen LogP contribution in [0.3, 0.4) is 0 Å². The summed E-state index contributed by atoms with van der Waals surface area (Å²) < 4.78 is 0. The van der Waals surface area contributed by atoms with E-state index in [0.717, 1.165) is 36.1 Å². The van der Waals surface area contributed by atoms with Crippen LogP contribution in [0.4, 0.5) is 0 Å². The zero-order valence-corrected chi connectivity index (χ0v) is 11.5. The Morgan fingerprint density at radius 3 is 2.84 bits per heavy atom. The first kappa shape index (κ1) is 12.7. The van der Waals surface area contributed by atoms with Crippen LogP contribution < -0.4 is 0 Å². The molecule has 1 aliphatic heterocycles. The molecule has 1 fully saturated rings. The zero-order valence-electron chi connectivity index (χ0n) is 11.5. The highest BCUT2D eigenvalue weighted by atomic mass is 16.3. The monoisotopic (exact) mass is 258 g/mol. The third-order valence-electron chi connectivity index (χ3n) is 4.11. The fraction of sp³-hybridized carbons (Fsp3) is 0.500. The first-order valence-electron chi connectivity index (χ1n) is 7.22. The van der Waals surface area contributed by atoms with Crippen LogP contribution in [0.25, 0.3) is 10.9 Å². The summed E-state index contributed by atoms with van der Waals surface area (Å²) in [6.45, 7) is 5.09. The quantitative estimate of drug-likeness (QED) is 0.888. The van der Waals surface area contributed by atoms with Crippen molar-refractivity contribution in [2.75, 3.05) is 19.6 Å². The predicted molar refractivity (Wildman–Crippen MR) is 78.3 cm³/mol. The first-order chi connectivity index (χ1) is 9.24. The van der Waals surface area contributed by atoms with Crippen LogP contribution in [0.1, 0.15) is 36.5 Å². The lowest BCUT2D eigenvalue weighted by Crippen LogP contribution is -2.33. The average molecular weight is 258 g/mol. The molecule has 0 aliphatic carbocycles. The minimum absolute atomic E-state index is 0.395. The molecule has 19 heavy (non-hydrogen) atoms. The van der Waals surface area contributed by atoms with Crippen LogP contribution in [-0.4, -0.2) is 34.6 Å². The maximum absolute atomic E-state index is 10.5. The van der Waals surface area contributed by atoms with Crippen molar-refractivity contribution >= 4 is 10.9 Å². The first-order valence-corrected chi connectivity index (χ1v) is 7.22. The van der Waals surface area contributed by atoms with Gasteiger partial charge in [0, 0.05) is 29.2 Å². The summed E-state index contributed by atoms with van der Waals surface area (Å²) in [6, 6.07) is 6.34. The Balaban J connectivity index is 1.80. The smallest absolute Gasteiger partial charge is 0.0937 e. The van der Waals surface area contributed by atoms with Crippen molar-refractivity contribution < 1.29 is 5.11 Å². The van der Waals surface area contributed by atoms with Crippen LogP contribution in [-0.2, 0) is 0 Å². The largest absolute Gasteiger partial charge is 0.387 e. The molecule has 2 heterocycles. The Bertz CT molecular complexity index is 555. The number of aromatic amines is 1. The molecule has 1 saturated heterocycles. The van der Waals surface area contributed by atoms with Gasteiger partial charge in [-0.1, -0.05) is 18.1 Å². The molecule has 0 radical (unpaired) electrons. The van der Waals surface area contributed by atoms with Gasteiger partial charge >= 0.3 is 0 Å². The van der Waals surface area contributed by atoms with Gasteiger partial charge in [0.05, 0.1) is 6.10 Å². The van der Waals surface area contributed by atoms with Crippen LogP contribution in [0, 0.1) is 6.92 Å². The van der Waals surface area contributed by atoms with E-state index in [1.807, 2.05) is 6.20 Å². The van der Waals surface area contributed by atoms with Gasteiger partial charge in [-0.15, -0.1) is 0 Å². The summed E-state index contributed by atoms with van der Waals surface area (Å²) in [6.07, 6.45) is 5.42. The van der Waals surface area contributed by atoms with Crippen molar-refractivity contribution in [1.82, 2.24) is 9.88 Å². The van der Waals surface area contributed by atoms with Crippen molar-refractivity contribution in [2.45, 2.75) is 32.3 Å². The molecular formula is C16H22N2O. The summed E-state index contributed by atoms with van der Waals surface area (Å²) in [7, 11) is 0. The number of aliphatic hydroxyl groups is 1. The number of hydrogen-bond acceptors (Lipinski definition) is 2. The van der Waals surface area contributed by atoms with Gasteiger partial charge in [-0.2, -0.15) is 0 Å². The van der Waals surface area contributed by atoms with E-state index in [0.29, 0.717) is 0 Å². The minimum atomic E-state index is -0.395. The number of β-amino-alcohol motifs (C(OH)–C–C–N with tert-alkyl or cyclic N) is 1. The van der Waals surface area contributed by atoms with Gasteiger partial charge in [-0.3, -0.25) is 0 Å². The normalized spacial score (nSPS) is 18.8. The van der Waals surface area contributed by atoms with Gasteiger partial charge in [0.1, 0.15) is 0 Å². The Hall–Kier alpha value is -1.32. The number of H-pyrrole nitrogens is 1. The number of aliphatic hydroxyl groups excluding tert-OH is 1. The standard InChI is InChI=1S/C16H22N2O/c1-12-5-6-15-13(9-12)14(10-17-15)16(19)11-18-7-3-2-4-8-18/h5-6,9-10,16-17,19H,2-4,7-8,11H2,1H3/t16-/m1/s1. The number of rotatable bonds is 3. The van der Waals surface area contributed by atoms with E-state index in [9.17, 15) is 5.11 Å². The molecule has 3 nitrogen and oxygen atoms in total. The van der Waals surface area contributed by atoms with Gasteiger partial charge in [0.2, 0.25) is 0 Å². The van der Waals surface area contributed by atoms with Crippen molar-refractivity contribution in [3.8, 4) is 0 Å². The topological polar surface area (TPSA) is 39.3 Å². The second-order valence-electron chi connectivity index (χ2n) is 5.67. The molecule has 0 saturated carbocycles. The van der Waals surface area contributed by atoms with Crippen LogP contribution >= 0.6 is 0 Å². The third-order valence-corrected chi connectivity index (χ3v) is 4.11. The summed E-state index contributed by atoms with van der Waals surface area (Å²) in [5.74, 6) is 0. The van der Waals surface area contributed by atoms with Crippen LogP contribution in [0.5, 0.6) is 0 Å². The third kappa shape index (κ3) is 2.67. The van der Waals surface area contributed by atoms with E-state index in [2.05, 4.69) is 35.0 Å². The highest BCUT2D eigenvalue weighted by molar-refractivity contribution is 5.84. The van der Waals surface area contributed by atoms with Gasteiger partial charge in [-0.25, -0.2) is 0 Å². The number of hydrogen-bond donors (Lipinski definition) is 2. The highest BCUT2D eigenvalue weighted by Gasteiger charge is 2.18. The Kier molecular flexibility index (Phi) is 3.58. The Morgan fingerprint density at radius 1 is 1.26 bits per heavy atom. The van der Waals surface area contributed by atoms with E-state index in [-0.39, 0.29) is 0 Å². The number of benzene rings is 1. The lowest BCUT2D eigenvalue weighted by Gasteiger charge is -2.28. The molecule has 1 aromatic carbocycles. The molecule has 2 aromatic rings. The molecule has 0 amide bonds. The number of piperidine rings is 1. The molecule has 0 bridgehead atoms. The maximum atomic E-state index is 10.5. The number of nitrogens with one attached hydrogen (secondary N) is 1. The lowest BCUT2D eigenvalue weighted by atomic mass is 10.0. The number of nitrogens with zero attached hydrogens (tertiary/aromatic N) is 1. The Labute approximate surface area is 114 Å². The summed E-state index contributed by atoms with van der Waals surface area (Å²) in [5.41, 5.74) is 3.38. The van der Waals surface area contributed by atoms with E-state index in [4.69, 9.17) is 0 Å². The molecule has 3 heteroatoms. The highest BCUT2D eigenvalue weighted by Crippen LogP contribution is 2.26. The number of aromatic nitrogens is 1. The molecule has 1 atom stereocenters.